The second kappa shape index (κ2) is 5.44. The quantitative estimate of drug-likeness (QED) is 0.810. The fourth-order valence-electron chi connectivity index (χ4n) is 3.67. The summed E-state index contributed by atoms with van der Waals surface area (Å²) in [6, 6.07) is 7.19. The van der Waals surface area contributed by atoms with Crippen LogP contribution in [-0.4, -0.2) is 41.1 Å². The minimum Gasteiger partial charge on any atom is -0.465 e. The number of nitrogens with one attached hydrogen (secondary N) is 2. The molecule has 4 rings (SSSR count). The highest BCUT2D eigenvalue weighted by molar-refractivity contribution is 6.16. The van der Waals surface area contributed by atoms with Crippen LogP contribution in [0.5, 0.6) is 0 Å². The van der Waals surface area contributed by atoms with Crippen LogP contribution in [0, 0.1) is 0 Å². The molecule has 8 nitrogen and oxygen atoms in total. The number of ether oxygens (including phenoxy) is 1. The van der Waals surface area contributed by atoms with Crippen molar-refractivity contribution < 1.29 is 19.1 Å². The zero-order valence-corrected chi connectivity index (χ0v) is 13.5. The van der Waals surface area contributed by atoms with Gasteiger partial charge in [-0.2, -0.15) is 5.10 Å². The van der Waals surface area contributed by atoms with Crippen LogP contribution < -0.4 is 10.2 Å². The number of aromatic amines is 1. The van der Waals surface area contributed by atoms with E-state index in [0.717, 1.165) is 0 Å². The molecule has 0 saturated carbocycles. The predicted molar refractivity (Wildman–Crippen MR) is 88.0 cm³/mol. The summed E-state index contributed by atoms with van der Waals surface area (Å²) < 4.78 is 4.99. The molecule has 1 aromatic carbocycles. The molecule has 128 valence electrons. The number of hydrogen-bond acceptors (Lipinski definition) is 5. The van der Waals surface area contributed by atoms with Crippen LogP contribution in [0.1, 0.15) is 24.5 Å². The number of fused-ring (bicyclic) bond motifs is 4. The van der Waals surface area contributed by atoms with Crippen molar-refractivity contribution in [2.75, 3.05) is 23.4 Å². The topological polar surface area (TPSA) is 104 Å². The second-order valence-corrected chi connectivity index (χ2v) is 6.00. The number of benzene rings is 1. The maximum atomic E-state index is 13.4. The Hall–Kier alpha value is -3.16. The van der Waals surface area contributed by atoms with Crippen molar-refractivity contribution in [3.63, 3.8) is 0 Å². The number of nitrogens with zero attached hydrogens (tertiary/aromatic N) is 2. The lowest BCUT2D eigenvalue weighted by Gasteiger charge is -2.31. The van der Waals surface area contributed by atoms with Gasteiger partial charge in [-0.25, -0.2) is 0 Å². The molecule has 0 radical (unpaired) electrons. The number of carbonyl (C=O) groups excluding carboxylic acids is 3. The molecule has 25 heavy (non-hydrogen) atoms. The SMILES string of the molecule is CCOC(=O)CN1C(=O)[C@]2(CC(=O)Nc3[nH]ncc32)c2ccccc21. The third-order valence-electron chi connectivity index (χ3n) is 4.65. The molecule has 2 aliphatic rings. The van der Waals surface area contributed by atoms with Crippen molar-refractivity contribution in [3.8, 4) is 0 Å². The van der Waals surface area contributed by atoms with Gasteiger partial charge in [0, 0.05) is 17.7 Å². The Balaban J connectivity index is 1.87. The number of para-hydroxylation sites is 1. The van der Waals surface area contributed by atoms with Gasteiger partial charge in [-0.1, -0.05) is 18.2 Å². The second-order valence-electron chi connectivity index (χ2n) is 6.00. The molecule has 1 spiro atoms. The molecule has 2 amide bonds. The number of aromatic nitrogens is 2. The number of H-pyrrole nitrogens is 1. The van der Waals surface area contributed by atoms with Gasteiger partial charge in [-0.3, -0.25) is 24.4 Å². The molecule has 0 unspecified atom stereocenters. The van der Waals surface area contributed by atoms with E-state index >= 15 is 0 Å². The first kappa shape index (κ1) is 15.4. The first-order valence-corrected chi connectivity index (χ1v) is 7.98. The van der Waals surface area contributed by atoms with Crippen molar-refractivity contribution in [2.24, 2.45) is 0 Å². The number of anilines is 2. The van der Waals surface area contributed by atoms with Crippen LogP contribution in [-0.2, 0) is 24.5 Å². The van der Waals surface area contributed by atoms with E-state index in [0.29, 0.717) is 22.6 Å². The molecular formula is C17H16N4O4. The van der Waals surface area contributed by atoms with Gasteiger partial charge in [-0.05, 0) is 18.6 Å². The van der Waals surface area contributed by atoms with E-state index in [1.165, 1.54) is 4.90 Å². The van der Waals surface area contributed by atoms with Crippen LogP contribution in [0.3, 0.4) is 0 Å². The average Bonchev–Trinajstić information content (AvgIpc) is 3.14. The maximum Gasteiger partial charge on any atom is 0.326 e. The van der Waals surface area contributed by atoms with Gasteiger partial charge < -0.3 is 10.1 Å². The summed E-state index contributed by atoms with van der Waals surface area (Å²) in [6.45, 7) is 1.75. The van der Waals surface area contributed by atoms with Crippen molar-refractivity contribution >= 4 is 29.3 Å². The van der Waals surface area contributed by atoms with E-state index < -0.39 is 11.4 Å². The van der Waals surface area contributed by atoms with Crippen LogP contribution >= 0.6 is 0 Å². The van der Waals surface area contributed by atoms with Gasteiger partial charge in [0.1, 0.15) is 17.8 Å². The Morgan fingerprint density at radius 1 is 1.32 bits per heavy atom. The molecular weight excluding hydrogens is 324 g/mol. The van der Waals surface area contributed by atoms with Gasteiger partial charge in [0.25, 0.3) is 0 Å². The van der Waals surface area contributed by atoms with Gasteiger partial charge in [0.15, 0.2) is 0 Å². The zero-order valence-electron chi connectivity index (χ0n) is 13.5. The molecule has 2 aliphatic heterocycles. The van der Waals surface area contributed by atoms with Crippen LogP contribution in [0.25, 0.3) is 0 Å². The van der Waals surface area contributed by atoms with Crippen molar-refractivity contribution in [2.45, 2.75) is 18.8 Å². The Bertz CT molecular complexity index is 890. The lowest BCUT2D eigenvalue weighted by atomic mass is 9.72. The standard InChI is InChI=1S/C17H16N4O4/c1-2-25-14(23)9-21-12-6-4-3-5-10(12)17(16(21)24)7-13(22)19-15-11(17)8-18-20-15/h3-6,8H,2,7,9H2,1H3,(H2,18,19,20,22)/t17-/m1/s1. The van der Waals surface area contributed by atoms with E-state index in [1.54, 1.807) is 25.3 Å². The third kappa shape index (κ3) is 2.07. The number of rotatable bonds is 3. The summed E-state index contributed by atoms with van der Waals surface area (Å²) in [5.41, 5.74) is 0.744. The zero-order chi connectivity index (χ0) is 17.6. The van der Waals surface area contributed by atoms with Gasteiger partial charge in [0.05, 0.1) is 12.8 Å². The molecule has 0 fully saturated rings. The highest BCUT2D eigenvalue weighted by Crippen LogP contribution is 2.51. The minimum atomic E-state index is -1.17. The van der Waals surface area contributed by atoms with E-state index in [9.17, 15) is 14.4 Å². The van der Waals surface area contributed by atoms with Gasteiger partial charge in [-0.15, -0.1) is 0 Å². The summed E-state index contributed by atoms with van der Waals surface area (Å²) in [7, 11) is 0. The first-order valence-electron chi connectivity index (χ1n) is 7.98. The molecule has 2 N–H and O–H groups in total. The van der Waals surface area contributed by atoms with Crippen molar-refractivity contribution in [1.82, 2.24) is 10.2 Å². The number of hydrogen-bond donors (Lipinski definition) is 2. The molecule has 0 bridgehead atoms. The summed E-state index contributed by atoms with van der Waals surface area (Å²) in [6.07, 6.45) is 1.52. The van der Waals surface area contributed by atoms with Crippen LogP contribution in [0.4, 0.5) is 11.5 Å². The van der Waals surface area contributed by atoms with Crippen molar-refractivity contribution in [3.05, 3.63) is 41.6 Å². The number of amides is 2. The Morgan fingerprint density at radius 3 is 2.92 bits per heavy atom. The summed E-state index contributed by atoms with van der Waals surface area (Å²) in [4.78, 5) is 39.0. The van der Waals surface area contributed by atoms with Gasteiger partial charge in [0.2, 0.25) is 11.8 Å². The normalized spacial score (nSPS) is 21.1. The molecule has 8 heteroatoms. The maximum absolute atomic E-state index is 13.4. The lowest BCUT2D eigenvalue weighted by molar-refractivity contribution is -0.142. The number of carbonyl (C=O) groups is 3. The predicted octanol–water partition coefficient (Wildman–Crippen LogP) is 0.948. The van der Waals surface area contributed by atoms with E-state index in [4.69, 9.17) is 4.74 Å². The Kier molecular flexibility index (Phi) is 3.34. The molecule has 0 aliphatic carbocycles. The van der Waals surface area contributed by atoms with Crippen molar-refractivity contribution in [1.29, 1.82) is 0 Å². The third-order valence-corrected chi connectivity index (χ3v) is 4.65. The smallest absolute Gasteiger partial charge is 0.326 e. The van der Waals surface area contributed by atoms with Crippen LogP contribution in [0.15, 0.2) is 30.5 Å². The van der Waals surface area contributed by atoms with E-state index in [2.05, 4.69) is 15.5 Å². The minimum absolute atomic E-state index is 0.0330. The highest BCUT2D eigenvalue weighted by Gasteiger charge is 2.56. The largest absolute Gasteiger partial charge is 0.465 e. The number of esters is 1. The molecule has 1 atom stereocenters. The molecule has 0 saturated heterocycles. The van der Waals surface area contributed by atoms with E-state index in [1.807, 2.05) is 12.1 Å². The Morgan fingerprint density at radius 2 is 2.12 bits per heavy atom. The molecule has 2 aromatic rings. The fourth-order valence-corrected chi connectivity index (χ4v) is 3.67. The van der Waals surface area contributed by atoms with E-state index in [-0.39, 0.29) is 31.4 Å². The van der Waals surface area contributed by atoms with Gasteiger partial charge >= 0.3 is 5.97 Å². The summed E-state index contributed by atoms with van der Waals surface area (Å²) in [5, 5.41) is 9.40. The monoisotopic (exact) mass is 340 g/mol. The molecule has 1 aromatic heterocycles. The van der Waals surface area contributed by atoms with Crippen LogP contribution in [0.2, 0.25) is 0 Å². The summed E-state index contributed by atoms with van der Waals surface area (Å²) >= 11 is 0. The lowest BCUT2D eigenvalue weighted by Crippen LogP contribution is -2.47. The highest BCUT2D eigenvalue weighted by atomic mass is 16.5. The Labute approximate surface area is 143 Å². The summed E-state index contributed by atoms with van der Waals surface area (Å²) in [5.74, 6) is -0.676. The average molecular weight is 340 g/mol. The fraction of sp³-hybridized carbons (Fsp3) is 0.294. The first-order chi connectivity index (χ1) is 12.1. The molecule has 3 heterocycles.